The van der Waals surface area contributed by atoms with Crippen molar-refractivity contribution in [2.75, 3.05) is 26.2 Å². The molecule has 1 fully saturated rings. The number of piperazine rings is 1. The Morgan fingerprint density at radius 1 is 0.857 bits per heavy atom. The maximum atomic E-state index is 12.9. The highest BCUT2D eigenvalue weighted by atomic mass is 32.1. The van der Waals surface area contributed by atoms with Gasteiger partial charge in [-0.1, -0.05) is 66.7 Å². The molecule has 0 radical (unpaired) electrons. The molecule has 4 aromatic rings. The summed E-state index contributed by atoms with van der Waals surface area (Å²) in [6.07, 6.45) is 5.45. The fourth-order valence-electron chi connectivity index (χ4n) is 4.18. The van der Waals surface area contributed by atoms with Crippen molar-refractivity contribution in [3.63, 3.8) is 0 Å². The number of thiophene rings is 1. The standard InChI is InChI=1S/C28H26N4O2S/c33-26(30-15-17-31(18-16-30)28(34)25-12-7-19-35-25)14-13-24-21-32(20-22-8-3-1-4-9-22)29-27(24)23-10-5-2-6-11-23/h1-14,19,21H,15-18,20H2/b14-13+. The lowest BCUT2D eigenvalue weighted by atomic mass is 10.1. The largest absolute Gasteiger partial charge is 0.336 e. The minimum Gasteiger partial charge on any atom is -0.336 e. The van der Waals surface area contributed by atoms with Crippen LogP contribution in [-0.4, -0.2) is 57.6 Å². The Morgan fingerprint density at radius 2 is 1.54 bits per heavy atom. The van der Waals surface area contributed by atoms with E-state index < -0.39 is 0 Å². The summed E-state index contributed by atoms with van der Waals surface area (Å²) >= 11 is 1.45. The lowest BCUT2D eigenvalue weighted by Crippen LogP contribution is -2.50. The fourth-order valence-corrected chi connectivity index (χ4v) is 4.87. The van der Waals surface area contributed by atoms with Crippen molar-refractivity contribution in [2.45, 2.75) is 6.54 Å². The predicted molar refractivity (Wildman–Crippen MR) is 139 cm³/mol. The monoisotopic (exact) mass is 482 g/mol. The Morgan fingerprint density at radius 3 is 2.23 bits per heavy atom. The quantitative estimate of drug-likeness (QED) is 0.376. The summed E-state index contributed by atoms with van der Waals surface area (Å²) in [4.78, 5) is 29.9. The minimum atomic E-state index is -0.0527. The SMILES string of the molecule is O=C(/C=C/c1cn(Cc2ccccc2)nc1-c1ccccc1)N1CCN(C(=O)c2cccs2)CC1. The van der Waals surface area contributed by atoms with E-state index in [4.69, 9.17) is 5.10 Å². The molecule has 0 saturated carbocycles. The molecule has 0 spiro atoms. The van der Waals surface area contributed by atoms with E-state index in [9.17, 15) is 9.59 Å². The van der Waals surface area contributed by atoms with Crippen LogP contribution in [0.5, 0.6) is 0 Å². The van der Waals surface area contributed by atoms with Crippen molar-refractivity contribution in [3.8, 4) is 11.3 Å². The van der Waals surface area contributed by atoms with Gasteiger partial charge in [0.15, 0.2) is 0 Å². The zero-order valence-electron chi connectivity index (χ0n) is 19.3. The average Bonchev–Trinajstić information content (AvgIpc) is 3.59. The normalized spacial score (nSPS) is 13.9. The first-order chi connectivity index (χ1) is 17.2. The Hall–Kier alpha value is -3.97. The Kier molecular flexibility index (Phi) is 6.86. The Balaban J connectivity index is 1.29. The molecule has 0 N–H and O–H groups in total. The number of hydrogen-bond acceptors (Lipinski definition) is 4. The van der Waals surface area contributed by atoms with E-state index in [2.05, 4.69) is 12.1 Å². The van der Waals surface area contributed by atoms with E-state index in [1.54, 1.807) is 11.0 Å². The third kappa shape index (κ3) is 5.41. The average molecular weight is 483 g/mol. The van der Waals surface area contributed by atoms with Gasteiger partial charge in [-0.15, -0.1) is 11.3 Å². The highest BCUT2D eigenvalue weighted by molar-refractivity contribution is 7.12. The van der Waals surface area contributed by atoms with Gasteiger partial charge in [-0.05, 0) is 23.1 Å². The van der Waals surface area contributed by atoms with Gasteiger partial charge in [0.1, 0.15) is 0 Å². The van der Waals surface area contributed by atoms with Crippen LogP contribution < -0.4 is 0 Å². The molecular weight excluding hydrogens is 456 g/mol. The molecule has 2 amide bonds. The van der Waals surface area contributed by atoms with Crippen molar-refractivity contribution < 1.29 is 9.59 Å². The number of benzene rings is 2. The van der Waals surface area contributed by atoms with Gasteiger partial charge in [0.25, 0.3) is 5.91 Å². The van der Waals surface area contributed by atoms with Crippen LogP contribution in [0.4, 0.5) is 0 Å². The first-order valence-electron chi connectivity index (χ1n) is 11.6. The lowest BCUT2D eigenvalue weighted by molar-refractivity contribution is -0.127. The van der Waals surface area contributed by atoms with Crippen LogP contribution >= 0.6 is 11.3 Å². The van der Waals surface area contributed by atoms with Gasteiger partial charge >= 0.3 is 0 Å². The van der Waals surface area contributed by atoms with Gasteiger partial charge in [0, 0.05) is 49.6 Å². The van der Waals surface area contributed by atoms with E-state index in [1.165, 1.54) is 11.3 Å². The summed E-state index contributed by atoms with van der Waals surface area (Å²) in [5.74, 6) is -0.0102. The molecule has 0 aliphatic carbocycles. The molecule has 35 heavy (non-hydrogen) atoms. The van der Waals surface area contributed by atoms with Gasteiger partial charge in [-0.3, -0.25) is 14.3 Å². The van der Waals surface area contributed by atoms with Crippen LogP contribution in [0.2, 0.25) is 0 Å². The second kappa shape index (κ2) is 10.5. The maximum absolute atomic E-state index is 12.9. The van der Waals surface area contributed by atoms with Crippen molar-refractivity contribution in [3.05, 3.63) is 106 Å². The molecule has 7 heteroatoms. The van der Waals surface area contributed by atoms with Crippen molar-refractivity contribution in [1.82, 2.24) is 19.6 Å². The number of nitrogens with zero attached hydrogens (tertiary/aromatic N) is 4. The van der Waals surface area contributed by atoms with Gasteiger partial charge < -0.3 is 9.80 Å². The van der Waals surface area contributed by atoms with Gasteiger partial charge in [-0.2, -0.15) is 5.10 Å². The summed E-state index contributed by atoms with van der Waals surface area (Å²) in [5, 5.41) is 6.72. The molecule has 2 aromatic carbocycles. The van der Waals surface area contributed by atoms with Crippen LogP contribution in [0.15, 0.2) is 90.4 Å². The van der Waals surface area contributed by atoms with Crippen LogP contribution in [0.25, 0.3) is 17.3 Å². The number of rotatable bonds is 6. The number of carbonyl (C=O) groups excluding carboxylic acids is 2. The Bertz CT molecular complexity index is 1310. The molecule has 2 aromatic heterocycles. The van der Waals surface area contributed by atoms with Crippen LogP contribution in [0, 0.1) is 0 Å². The lowest BCUT2D eigenvalue weighted by Gasteiger charge is -2.34. The van der Waals surface area contributed by atoms with Gasteiger partial charge in [-0.25, -0.2) is 0 Å². The topological polar surface area (TPSA) is 58.4 Å². The molecule has 0 unspecified atom stereocenters. The molecule has 0 bridgehead atoms. The van der Waals surface area contributed by atoms with Crippen LogP contribution in [0.3, 0.4) is 0 Å². The smallest absolute Gasteiger partial charge is 0.264 e. The number of amides is 2. The van der Waals surface area contributed by atoms with Crippen LogP contribution in [-0.2, 0) is 11.3 Å². The predicted octanol–water partition coefficient (Wildman–Crippen LogP) is 4.66. The van der Waals surface area contributed by atoms with E-state index >= 15 is 0 Å². The third-order valence-electron chi connectivity index (χ3n) is 6.04. The summed E-state index contributed by atoms with van der Waals surface area (Å²) in [6, 6.07) is 23.9. The van der Waals surface area contributed by atoms with Crippen molar-refractivity contribution in [2.24, 2.45) is 0 Å². The second-order valence-electron chi connectivity index (χ2n) is 8.41. The van der Waals surface area contributed by atoms with E-state index in [1.807, 2.05) is 87.9 Å². The molecule has 3 heterocycles. The van der Waals surface area contributed by atoms with E-state index in [0.717, 1.165) is 27.3 Å². The Labute approximate surface area is 208 Å². The minimum absolute atomic E-state index is 0.0426. The zero-order chi connectivity index (χ0) is 24.0. The number of carbonyl (C=O) groups is 2. The van der Waals surface area contributed by atoms with Crippen LogP contribution in [0.1, 0.15) is 20.8 Å². The van der Waals surface area contributed by atoms with Crippen molar-refractivity contribution >= 4 is 29.2 Å². The summed E-state index contributed by atoms with van der Waals surface area (Å²) in [5.41, 5.74) is 3.91. The molecule has 176 valence electrons. The number of aromatic nitrogens is 2. The molecule has 5 rings (SSSR count). The molecular formula is C28H26N4O2S. The third-order valence-corrected chi connectivity index (χ3v) is 6.90. The maximum Gasteiger partial charge on any atom is 0.264 e. The summed E-state index contributed by atoms with van der Waals surface area (Å²) in [6.45, 7) is 2.79. The fraction of sp³-hybridized carbons (Fsp3) is 0.179. The zero-order valence-corrected chi connectivity index (χ0v) is 20.1. The summed E-state index contributed by atoms with van der Waals surface area (Å²) < 4.78 is 1.91. The second-order valence-corrected chi connectivity index (χ2v) is 9.36. The molecule has 0 atom stereocenters. The summed E-state index contributed by atoms with van der Waals surface area (Å²) in [7, 11) is 0. The first kappa shape index (κ1) is 22.8. The van der Waals surface area contributed by atoms with E-state index in [-0.39, 0.29) is 11.8 Å². The van der Waals surface area contributed by atoms with Crippen molar-refractivity contribution in [1.29, 1.82) is 0 Å². The molecule has 1 aliphatic rings. The van der Waals surface area contributed by atoms with Gasteiger partial charge in [0.05, 0.1) is 17.1 Å². The molecule has 1 aliphatic heterocycles. The molecule has 1 saturated heterocycles. The molecule has 6 nitrogen and oxygen atoms in total. The first-order valence-corrected chi connectivity index (χ1v) is 12.5. The van der Waals surface area contributed by atoms with Gasteiger partial charge in [0.2, 0.25) is 5.91 Å². The number of hydrogen-bond donors (Lipinski definition) is 0. The highest BCUT2D eigenvalue weighted by Gasteiger charge is 2.24. The highest BCUT2D eigenvalue weighted by Crippen LogP contribution is 2.24. The van der Waals surface area contributed by atoms with E-state index in [0.29, 0.717) is 32.7 Å².